The Bertz CT molecular complexity index is 320. The minimum absolute atomic E-state index is 0.0913. The Kier molecular flexibility index (Phi) is 5.81. The van der Waals surface area contributed by atoms with E-state index in [4.69, 9.17) is 4.74 Å². The van der Waals surface area contributed by atoms with Crippen LogP contribution in [0.4, 0.5) is 0 Å². The lowest BCUT2D eigenvalue weighted by atomic mass is 10.1. The van der Waals surface area contributed by atoms with Crippen molar-refractivity contribution in [2.45, 2.75) is 51.2 Å². The summed E-state index contributed by atoms with van der Waals surface area (Å²) >= 11 is 0. The summed E-state index contributed by atoms with van der Waals surface area (Å²) in [7, 11) is 2.19. The fourth-order valence-corrected chi connectivity index (χ4v) is 2.85. The van der Waals surface area contributed by atoms with Gasteiger partial charge >= 0.3 is 5.97 Å². The average molecular weight is 283 g/mol. The number of hydrogen-bond acceptors (Lipinski definition) is 5. The zero-order valence-electron chi connectivity index (χ0n) is 13.1. The Morgan fingerprint density at radius 1 is 1.35 bits per heavy atom. The summed E-state index contributed by atoms with van der Waals surface area (Å²) in [5.41, 5.74) is 0. The summed E-state index contributed by atoms with van der Waals surface area (Å²) in [5.74, 6) is -0.0913. The van der Waals surface area contributed by atoms with E-state index in [2.05, 4.69) is 29.1 Å². The van der Waals surface area contributed by atoms with E-state index in [-0.39, 0.29) is 12.0 Å². The summed E-state index contributed by atoms with van der Waals surface area (Å²) in [4.78, 5) is 16.9. The van der Waals surface area contributed by atoms with E-state index in [1.807, 2.05) is 6.92 Å². The fraction of sp³-hybridized carbons (Fsp3) is 0.933. The van der Waals surface area contributed by atoms with E-state index in [9.17, 15) is 4.79 Å². The van der Waals surface area contributed by atoms with Crippen molar-refractivity contribution in [2.24, 2.45) is 0 Å². The van der Waals surface area contributed by atoms with Crippen LogP contribution in [0.5, 0.6) is 0 Å². The van der Waals surface area contributed by atoms with Crippen molar-refractivity contribution in [1.82, 2.24) is 15.1 Å². The molecular formula is C15H29N3O2. The number of ether oxygens (including phenoxy) is 1. The minimum atomic E-state index is -0.164. The molecule has 1 N–H and O–H groups in total. The molecule has 1 aliphatic carbocycles. The second-order valence-corrected chi connectivity index (χ2v) is 6.05. The van der Waals surface area contributed by atoms with Crippen LogP contribution in [-0.4, -0.2) is 73.7 Å². The van der Waals surface area contributed by atoms with Gasteiger partial charge in [-0.3, -0.25) is 9.69 Å². The van der Waals surface area contributed by atoms with Crippen molar-refractivity contribution in [1.29, 1.82) is 0 Å². The van der Waals surface area contributed by atoms with Gasteiger partial charge in [0.15, 0.2) is 0 Å². The van der Waals surface area contributed by atoms with E-state index in [0.29, 0.717) is 18.7 Å². The molecule has 0 aromatic rings. The van der Waals surface area contributed by atoms with Gasteiger partial charge in [0.2, 0.25) is 0 Å². The van der Waals surface area contributed by atoms with E-state index < -0.39 is 0 Å². The highest BCUT2D eigenvalue weighted by Crippen LogP contribution is 2.20. The standard InChI is InChI=1S/C15H29N3O2/c1-4-13-10-18(9-8-17(13)3)11-14(15(19)20-5-2)16-12-6-7-12/h12-14,16H,4-11H2,1-3H3. The van der Waals surface area contributed by atoms with Gasteiger partial charge in [0.05, 0.1) is 6.61 Å². The van der Waals surface area contributed by atoms with Crippen LogP contribution >= 0.6 is 0 Å². The number of likely N-dealkylation sites (N-methyl/N-ethyl adjacent to an activating group) is 1. The SMILES string of the molecule is CCOC(=O)C(CN1CCN(C)C(CC)C1)NC1CC1. The first-order valence-electron chi connectivity index (χ1n) is 7.99. The molecule has 0 aromatic heterocycles. The minimum Gasteiger partial charge on any atom is -0.465 e. The van der Waals surface area contributed by atoms with Crippen LogP contribution in [0.1, 0.15) is 33.1 Å². The molecule has 0 spiro atoms. The molecule has 1 saturated carbocycles. The Morgan fingerprint density at radius 3 is 2.70 bits per heavy atom. The maximum absolute atomic E-state index is 12.1. The quantitative estimate of drug-likeness (QED) is 0.697. The number of piperazine rings is 1. The first kappa shape index (κ1) is 15.7. The summed E-state index contributed by atoms with van der Waals surface area (Å²) in [6.07, 6.45) is 3.54. The lowest BCUT2D eigenvalue weighted by Gasteiger charge is -2.40. The molecule has 0 aromatic carbocycles. The summed E-state index contributed by atoms with van der Waals surface area (Å²) < 4.78 is 5.21. The number of carbonyl (C=O) groups excluding carboxylic acids is 1. The smallest absolute Gasteiger partial charge is 0.324 e. The van der Waals surface area contributed by atoms with Crippen molar-refractivity contribution >= 4 is 5.97 Å². The summed E-state index contributed by atoms with van der Waals surface area (Å²) in [6.45, 7) is 8.51. The molecule has 2 fully saturated rings. The molecule has 0 radical (unpaired) electrons. The lowest BCUT2D eigenvalue weighted by molar-refractivity contribution is -0.146. The number of rotatable bonds is 7. The highest BCUT2D eigenvalue weighted by molar-refractivity contribution is 5.76. The largest absolute Gasteiger partial charge is 0.465 e. The van der Waals surface area contributed by atoms with Crippen LogP contribution in [0, 0.1) is 0 Å². The van der Waals surface area contributed by atoms with Crippen molar-refractivity contribution in [3.63, 3.8) is 0 Å². The normalized spacial score (nSPS) is 26.4. The molecule has 1 heterocycles. The molecule has 116 valence electrons. The van der Waals surface area contributed by atoms with E-state index in [1.54, 1.807) is 0 Å². The molecule has 2 unspecified atom stereocenters. The average Bonchev–Trinajstić information content (AvgIpc) is 3.24. The van der Waals surface area contributed by atoms with Gasteiger partial charge in [-0.15, -0.1) is 0 Å². The summed E-state index contributed by atoms with van der Waals surface area (Å²) in [6, 6.07) is 0.967. The molecule has 5 nitrogen and oxygen atoms in total. The molecule has 1 saturated heterocycles. The Hall–Kier alpha value is -0.650. The maximum Gasteiger partial charge on any atom is 0.324 e. The number of esters is 1. The monoisotopic (exact) mass is 283 g/mol. The van der Waals surface area contributed by atoms with Gasteiger partial charge in [-0.2, -0.15) is 0 Å². The van der Waals surface area contributed by atoms with Gasteiger partial charge in [-0.1, -0.05) is 6.92 Å². The number of hydrogen-bond donors (Lipinski definition) is 1. The van der Waals surface area contributed by atoms with Crippen molar-refractivity contribution < 1.29 is 9.53 Å². The van der Waals surface area contributed by atoms with Crippen LogP contribution in [0.2, 0.25) is 0 Å². The molecule has 1 aliphatic heterocycles. The van der Waals surface area contributed by atoms with Crippen molar-refractivity contribution in [2.75, 3.05) is 39.8 Å². The Labute approximate surface area is 122 Å². The Morgan fingerprint density at radius 2 is 2.10 bits per heavy atom. The first-order chi connectivity index (χ1) is 9.63. The van der Waals surface area contributed by atoms with E-state index in [0.717, 1.165) is 32.6 Å². The van der Waals surface area contributed by atoms with Crippen LogP contribution < -0.4 is 5.32 Å². The predicted octanol–water partition coefficient (Wildman–Crippen LogP) is 0.696. The van der Waals surface area contributed by atoms with Gasteiger partial charge in [0.1, 0.15) is 6.04 Å². The predicted molar refractivity (Wildman–Crippen MR) is 79.7 cm³/mol. The first-order valence-corrected chi connectivity index (χ1v) is 7.99. The van der Waals surface area contributed by atoms with Crippen molar-refractivity contribution in [3.8, 4) is 0 Å². The second kappa shape index (κ2) is 7.38. The van der Waals surface area contributed by atoms with E-state index >= 15 is 0 Å². The topological polar surface area (TPSA) is 44.8 Å². The third-order valence-electron chi connectivity index (χ3n) is 4.36. The van der Waals surface area contributed by atoms with Gasteiger partial charge in [0, 0.05) is 38.3 Å². The summed E-state index contributed by atoms with van der Waals surface area (Å²) in [5, 5.41) is 3.44. The van der Waals surface area contributed by atoms with Crippen LogP contribution in [-0.2, 0) is 9.53 Å². The van der Waals surface area contributed by atoms with E-state index in [1.165, 1.54) is 12.8 Å². The third-order valence-corrected chi connectivity index (χ3v) is 4.36. The highest BCUT2D eigenvalue weighted by Gasteiger charge is 2.32. The second-order valence-electron chi connectivity index (χ2n) is 6.05. The highest BCUT2D eigenvalue weighted by atomic mass is 16.5. The molecule has 20 heavy (non-hydrogen) atoms. The zero-order chi connectivity index (χ0) is 14.5. The van der Waals surface area contributed by atoms with Crippen LogP contribution in [0.25, 0.3) is 0 Å². The van der Waals surface area contributed by atoms with Crippen molar-refractivity contribution in [3.05, 3.63) is 0 Å². The third kappa shape index (κ3) is 4.43. The van der Waals surface area contributed by atoms with Gasteiger partial charge in [0.25, 0.3) is 0 Å². The molecule has 2 rings (SSSR count). The Balaban J connectivity index is 1.87. The van der Waals surface area contributed by atoms with Gasteiger partial charge in [-0.05, 0) is 33.2 Å². The molecule has 5 heteroatoms. The number of nitrogens with one attached hydrogen (secondary N) is 1. The molecular weight excluding hydrogens is 254 g/mol. The molecule has 2 aliphatic rings. The zero-order valence-corrected chi connectivity index (χ0v) is 13.1. The number of carbonyl (C=O) groups is 1. The number of nitrogens with zero attached hydrogens (tertiary/aromatic N) is 2. The van der Waals surface area contributed by atoms with Gasteiger partial charge in [-0.25, -0.2) is 0 Å². The molecule has 0 bridgehead atoms. The molecule has 2 atom stereocenters. The molecule has 0 amide bonds. The van der Waals surface area contributed by atoms with Gasteiger partial charge < -0.3 is 15.0 Å². The van der Waals surface area contributed by atoms with Crippen LogP contribution in [0.15, 0.2) is 0 Å². The maximum atomic E-state index is 12.1. The fourth-order valence-electron chi connectivity index (χ4n) is 2.85. The van der Waals surface area contributed by atoms with Crippen LogP contribution in [0.3, 0.4) is 0 Å². The lowest BCUT2D eigenvalue weighted by Crippen LogP contribution is -2.56.